The maximum atomic E-state index is 10.4. The van der Waals surface area contributed by atoms with Gasteiger partial charge in [0.15, 0.2) is 0 Å². The molecule has 9 heteroatoms. The summed E-state index contributed by atoms with van der Waals surface area (Å²) >= 11 is 0. The Morgan fingerprint density at radius 2 is 1.69 bits per heavy atom. The molecule has 0 radical (unpaired) electrons. The van der Waals surface area contributed by atoms with Crippen molar-refractivity contribution in [2.75, 3.05) is 5.75 Å². The molecule has 0 saturated heterocycles. The van der Waals surface area contributed by atoms with E-state index in [4.69, 9.17) is 14.8 Å². The number of hydrogen-bond donors (Lipinski definition) is 3. The predicted molar refractivity (Wildman–Crippen MR) is 56.2 cm³/mol. The van der Waals surface area contributed by atoms with E-state index in [2.05, 4.69) is 0 Å². The van der Waals surface area contributed by atoms with Crippen LogP contribution in [0.1, 0.15) is 12.8 Å². The van der Waals surface area contributed by atoms with Crippen molar-refractivity contribution in [1.82, 2.24) is 0 Å². The molecule has 7 nitrogen and oxygen atoms in total. The number of rotatable bonds is 6. The van der Waals surface area contributed by atoms with E-state index in [-0.39, 0.29) is 42.4 Å². The molecule has 0 saturated carbocycles. The Kier molecular flexibility index (Phi) is 8.76. The fraction of sp³-hybridized carbons (Fsp3) is 0.429. The van der Waals surface area contributed by atoms with Crippen LogP contribution >= 0.6 is 0 Å². The van der Waals surface area contributed by atoms with E-state index in [0.717, 1.165) is 0 Å². The van der Waals surface area contributed by atoms with E-state index in [1.165, 1.54) is 0 Å². The van der Waals surface area contributed by atoms with Crippen molar-refractivity contribution in [2.24, 2.45) is 0 Å². The second kappa shape index (κ2) is 7.80. The van der Waals surface area contributed by atoms with Gasteiger partial charge in [0.2, 0.25) is 0 Å². The summed E-state index contributed by atoms with van der Waals surface area (Å²) in [6.45, 7) is 0. The van der Waals surface area contributed by atoms with Gasteiger partial charge in [0.25, 0.3) is 10.1 Å². The molecule has 0 bridgehead atoms. The van der Waals surface area contributed by atoms with Crippen molar-refractivity contribution in [3.8, 4) is 0 Å². The van der Waals surface area contributed by atoms with E-state index < -0.39 is 33.4 Å². The van der Waals surface area contributed by atoms with E-state index in [1.54, 1.807) is 0 Å². The van der Waals surface area contributed by atoms with Gasteiger partial charge in [0.1, 0.15) is 0 Å². The van der Waals surface area contributed by atoms with Crippen LogP contribution in [-0.4, -0.2) is 70.4 Å². The molecule has 0 atom stereocenters. The third-order valence-electron chi connectivity index (χ3n) is 1.42. The topological polar surface area (TPSA) is 129 Å². The summed E-state index contributed by atoms with van der Waals surface area (Å²) in [6.07, 6.45) is 0.109. The van der Waals surface area contributed by atoms with Crippen LogP contribution in [0.2, 0.25) is 0 Å². The van der Waals surface area contributed by atoms with Gasteiger partial charge in [-0.25, -0.2) is 9.59 Å². The van der Waals surface area contributed by atoms with Crippen LogP contribution in [0.3, 0.4) is 0 Å². The van der Waals surface area contributed by atoms with Gasteiger partial charge in [-0.1, -0.05) is 0 Å². The summed E-state index contributed by atoms with van der Waals surface area (Å²) in [4.78, 5) is 20.6. The first-order valence-corrected chi connectivity index (χ1v) is 5.45. The molecule has 0 amide bonds. The first-order valence-electron chi connectivity index (χ1n) is 3.84. The third-order valence-corrected chi connectivity index (χ3v) is 2.23. The van der Waals surface area contributed by atoms with Crippen LogP contribution in [0.25, 0.3) is 0 Å². The molecule has 0 fully saturated rings. The Balaban J connectivity index is 0. The summed E-state index contributed by atoms with van der Waals surface area (Å²) in [5, 5.41) is 16.8. The predicted octanol–water partition coefficient (Wildman–Crippen LogP) is -0.898. The zero-order valence-corrected chi connectivity index (χ0v) is 8.40. The Morgan fingerprint density at radius 1 is 1.19 bits per heavy atom. The van der Waals surface area contributed by atoms with Crippen LogP contribution in [0, 0.1) is 0 Å². The van der Waals surface area contributed by atoms with E-state index in [1.807, 2.05) is 0 Å². The average molecular weight is 262 g/mol. The van der Waals surface area contributed by atoms with Gasteiger partial charge in [-0.05, 0) is 12.8 Å². The van der Waals surface area contributed by atoms with Crippen LogP contribution in [0.15, 0.2) is 11.6 Å². The van der Waals surface area contributed by atoms with Gasteiger partial charge in [0, 0.05) is 11.6 Å². The van der Waals surface area contributed by atoms with Crippen LogP contribution in [-0.2, 0) is 19.7 Å². The average Bonchev–Trinajstić information content (AvgIpc) is 1.99. The summed E-state index contributed by atoms with van der Waals surface area (Å²) in [7, 11) is -4.14. The summed E-state index contributed by atoms with van der Waals surface area (Å²) < 4.78 is 28.9. The Morgan fingerprint density at radius 3 is 2.00 bits per heavy atom. The number of carboxylic acid groups (broad SMARTS) is 2. The molecule has 0 aliphatic heterocycles. The second-order valence-electron chi connectivity index (χ2n) is 2.70. The van der Waals surface area contributed by atoms with Gasteiger partial charge >= 0.3 is 41.5 Å². The van der Waals surface area contributed by atoms with Crippen molar-refractivity contribution in [1.29, 1.82) is 0 Å². The Bertz CT molecular complexity index is 384. The quantitative estimate of drug-likeness (QED) is 0.321. The molecule has 88 valence electrons. The molecule has 0 heterocycles. The zero-order chi connectivity index (χ0) is 12.1. The number of carbonyl (C=O) groups is 2. The SMILES string of the molecule is O=C(O)/C=C(/CCCS(=O)(=O)O)C(=O)O.[NaH]. The summed E-state index contributed by atoms with van der Waals surface area (Å²) in [5.41, 5.74) is -0.411. The summed E-state index contributed by atoms with van der Waals surface area (Å²) in [5.74, 6) is -3.44. The number of carboxylic acids is 2. The molecule has 0 unspecified atom stereocenters. The van der Waals surface area contributed by atoms with E-state index in [0.29, 0.717) is 6.08 Å². The monoisotopic (exact) mass is 262 g/mol. The first kappa shape index (κ1) is 18.0. The maximum absolute atomic E-state index is 10.4. The molecule has 3 N–H and O–H groups in total. The Hall–Kier alpha value is -0.410. The molecular formula is C7H11NaO7S. The molecular weight excluding hydrogens is 251 g/mol. The minimum absolute atomic E-state index is 0. The molecule has 16 heavy (non-hydrogen) atoms. The molecule has 0 aliphatic carbocycles. The summed E-state index contributed by atoms with van der Waals surface area (Å²) in [6, 6.07) is 0. The normalized spacial score (nSPS) is 11.7. The van der Waals surface area contributed by atoms with Crippen molar-refractivity contribution in [2.45, 2.75) is 12.8 Å². The molecule has 0 rings (SSSR count). The van der Waals surface area contributed by atoms with Crippen LogP contribution < -0.4 is 0 Å². The standard InChI is InChI=1S/C7H10O7S.Na.H/c8-6(9)4-5(7(10)11)2-1-3-15(12,13)14;;/h4H,1-3H2,(H,8,9)(H,10,11)(H,12,13,14);;/b5-4-;;. The number of hydrogen-bond acceptors (Lipinski definition) is 4. The van der Waals surface area contributed by atoms with Gasteiger partial charge in [-0.3, -0.25) is 4.55 Å². The van der Waals surface area contributed by atoms with Crippen molar-refractivity contribution >= 4 is 51.6 Å². The van der Waals surface area contributed by atoms with Gasteiger partial charge in [-0.2, -0.15) is 8.42 Å². The van der Waals surface area contributed by atoms with Crippen molar-refractivity contribution < 1.29 is 32.8 Å². The Labute approximate surface area is 114 Å². The van der Waals surface area contributed by atoms with Gasteiger partial charge < -0.3 is 10.2 Å². The van der Waals surface area contributed by atoms with E-state index >= 15 is 0 Å². The molecule has 0 aromatic heterocycles. The third kappa shape index (κ3) is 10.1. The van der Waals surface area contributed by atoms with Gasteiger partial charge in [0.05, 0.1) is 5.75 Å². The molecule has 0 aliphatic rings. The first-order chi connectivity index (χ1) is 6.72. The zero-order valence-electron chi connectivity index (χ0n) is 7.58. The molecule has 0 aromatic carbocycles. The fourth-order valence-corrected chi connectivity index (χ4v) is 1.34. The van der Waals surface area contributed by atoms with Crippen LogP contribution in [0.5, 0.6) is 0 Å². The molecule has 0 spiro atoms. The van der Waals surface area contributed by atoms with E-state index in [9.17, 15) is 18.0 Å². The van der Waals surface area contributed by atoms with Crippen molar-refractivity contribution in [3.05, 3.63) is 11.6 Å². The number of aliphatic carboxylic acids is 2. The minimum atomic E-state index is -4.14. The van der Waals surface area contributed by atoms with Crippen molar-refractivity contribution in [3.63, 3.8) is 0 Å². The van der Waals surface area contributed by atoms with Crippen LogP contribution in [0.4, 0.5) is 0 Å². The molecule has 0 aromatic rings. The fourth-order valence-electron chi connectivity index (χ4n) is 0.835. The van der Waals surface area contributed by atoms with Gasteiger partial charge in [-0.15, -0.1) is 0 Å². The second-order valence-corrected chi connectivity index (χ2v) is 4.27.